The molecule has 0 unspecified atom stereocenters. The quantitative estimate of drug-likeness (QED) is 0.721. The predicted molar refractivity (Wildman–Crippen MR) is 63.6 cm³/mol. The van der Waals surface area contributed by atoms with Gasteiger partial charge in [0.2, 0.25) is 0 Å². The molecule has 1 rings (SSSR count). The van der Waals surface area contributed by atoms with Crippen molar-refractivity contribution in [2.24, 2.45) is 0 Å². The highest BCUT2D eigenvalue weighted by Gasteiger charge is 2.19. The summed E-state index contributed by atoms with van der Waals surface area (Å²) in [6.07, 6.45) is 0.963. The van der Waals surface area contributed by atoms with Crippen LogP contribution in [0.1, 0.15) is 47.8 Å². The summed E-state index contributed by atoms with van der Waals surface area (Å²) in [7, 11) is 0. The van der Waals surface area contributed by atoms with Gasteiger partial charge in [0.15, 0.2) is 0 Å². The van der Waals surface area contributed by atoms with Crippen LogP contribution in [-0.2, 0) is 11.2 Å². The van der Waals surface area contributed by atoms with Crippen LogP contribution in [0.4, 0.5) is 0 Å². The van der Waals surface area contributed by atoms with Crippen LogP contribution in [0.5, 0.6) is 0 Å². The minimum Gasteiger partial charge on any atom is -0.456 e. The smallest absolute Gasteiger partial charge is 0.348 e. The monoisotopic (exact) mass is 226 g/mol. The molecular weight excluding hydrogens is 208 g/mol. The van der Waals surface area contributed by atoms with Gasteiger partial charge in [-0.05, 0) is 45.7 Å². The Morgan fingerprint density at radius 3 is 2.47 bits per heavy atom. The summed E-state index contributed by atoms with van der Waals surface area (Å²) in [6.45, 7) is 9.77. The van der Waals surface area contributed by atoms with Gasteiger partial charge in [-0.3, -0.25) is 0 Å². The summed E-state index contributed by atoms with van der Waals surface area (Å²) < 4.78 is 5.31. The van der Waals surface area contributed by atoms with Crippen LogP contribution >= 0.6 is 11.3 Å². The second-order valence-corrected chi connectivity index (χ2v) is 5.80. The molecule has 1 aromatic rings. The summed E-state index contributed by atoms with van der Waals surface area (Å²) in [4.78, 5) is 13.6. The fourth-order valence-corrected chi connectivity index (χ4v) is 2.29. The van der Waals surface area contributed by atoms with Gasteiger partial charge >= 0.3 is 5.97 Å². The Balaban J connectivity index is 2.83. The van der Waals surface area contributed by atoms with E-state index in [-0.39, 0.29) is 5.97 Å². The number of ether oxygens (including phenoxy) is 1. The van der Waals surface area contributed by atoms with Crippen LogP contribution in [0.15, 0.2) is 6.07 Å². The van der Waals surface area contributed by atoms with Crippen molar-refractivity contribution in [3.05, 3.63) is 21.4 Å². The predicted octanol–water partition coefficient (Wildman–Crippen LogP) is 3.57. The van der Waals surface area contributed by atoms with E-state index in [2.05, 4.69) is 6.92 Å². The van der Waals surface area contributed by atoms with Gasteiger partial charge < -0.3 is 4.74 Å². The zero-order valence-corrected chi connectivity index (χ0v) is 10.8. The maximum absolute atomic E-state index is 11.7. The second-order valence-electron chi connectivity index (χ2n) is 4.55. The molecule has 0 amide bonds. The second kappa shape index (κ2) is 4.35. The molecule has 1 heterocycles. The fraction of sp³-hybridized carbons (Fsp3) is 0.583. The first-order valence-corrected chi connectivity index (χ1v) is 5.98. The molecule has 0 atom stereocenters. The van der Waals surface area contributed by atoms with Crippen LogP contribution < -0.4 is 0 Å². The Morgan fingerprint density at radius 1 is 1.47 bits per heavy atom. The Labute approximate surface area is 95.3 Å². The van der Waals surface area contributed by atoms with Gasteiger partial charge in [0.1, 0.15) is 10.5 Å². The standard InChI is InChI=1S/C12H18O2S/c1-6-9-7-10(15-8(9)2)11(13)14-12(3,4)5/h7H,6H2,1-5H3. The zero-order chi connectivity index (χ0) is 11.6. The van der Waals surface area contributed by atoms with Gasteiger partial charge in [-0.1, -0.05) is 6.92 Å². The van der Waals surface area contributed by atoms with Gasteiger partial charge in [-0.25, -0.2) is 4.79 Å². The third-order valence-corrected chi connectivity index (χ3v) is 3.07. The number of carbonyl (C=O) groups excluding carboxylic acids is 1. The first kappa shape index (κ1) is 12.2. The molecular formula is C12H18O2S. The number of rotatable bonds is 2. The first-order valence-electron chi connectivity index (χ1n) is 5.16. The molecule has 84 valence electrons. The van der Waals surface area contributed by atoms with Gasteiger partial charge in [0.25, 0.3) is 0 Å². The van der Waals surface area contributed by atoms with E-state index in [1.54, 1.807) is 0 Å². The molecule has 0 aliphatic heterocycles. The molecule has 0 aliphatic carbocycles. The number of aryl methyl sites for hydroxylation is 2. The van der Waals surface area contributed by atoms with Crippen molar-refractivity contribution in [3.63, 3.8) is 0 Å². The van der Waals surface area contributed by atoms with Crippen molar-refractivity contribution < 1.29 is 9.53 Å². The molecule has 3 heteroatoms. The van der Waals surface area contributed by atoms with E-state index >= 15 is 0 Å². The van der Waals surface area contributed by atoms with Gasteiger partial charge in [0.05, 0.1) is 0 Å². The van der Waals surface area contributed by atoms with Gasteiger partial charge in [0, 0.05) is 4.88 Å². The Kier molecular flexibility index (Phi) is 3.55. The van der Waals surface area contributed by atoms with Crippen molar-refractivity contribution in [1.29, 1.82) is 0 Å². The Hall–Kier alpha value is -0.830. The summed E-state index contributed by atoms with van der Waals surface area (Å²) >= 11 is 1.51. The lowest BCUT2D eigenvalue weighted by Gasteiger charge is -2.18. The van der Waals surface area contributed by atoms with Crippen LogP contribution in [0, 0.1) is 6.92 Å². The summed E-state index contributed by atoms with van der Waals surface area (Å²) in [5.41, 5.74) is 0.822. The first-order chi connectivity index (χ1) is 6.83. The van der Waals surface area contributed by atoms with Crippen LogP contribution in [0.3, 0.4) is 0 Å². The molecule has 0 radical (unpaired) electrons. The Bertz CT molecular complexity index is 358. The molecule has 15 heavy (non-hydrogen) atoms. The van der Waals surface area contributed by atoms with E-state index in [1.165, 1.54) is 21.8 Å². The van der Waals surface area contributed by atoms with E-state index in [1.807, 2.05) is 33.8 Å². The number of thiophene rings is 1. The molecule has 0 aliphatic rings. The molecule has 0 N–H and O–H groups in total. The lowest BCUT2D eigenvalue weighted by Crippen LogP contribution is -2.23. The van der Waals surface area contributed by atoms with E-state index in [0.717, 1.165) is 6.42 Å². The molecule has 1 aromatic heterocycles. The van der Waals surface area contributed by atoms with E-state index in [9.17, 15) is 4.79 Å². The number of esters is 1. The SMILES string of the molecule is CCc1cc(C(=O)OC(C)(C)C)sc1C. The highest BCUT2D eigenvalue weighted by atomic mass is 32.1. The summed E-state index contributed by atoms with van der Waals surface area (Å²) in [5.74, 6) is -0.213. The lowest BCUT2D eigenvalue weighted by molar-refractivity contribution is 0.00752. The van der Waals surface area contributed by atoms with Crippen LogP contribution in [0.25, 0.3) is 0 Å². The molecule has 0 saturated heterocycles. The average Bonchev–Trinajstić information content (AvgIpc) is 2.43. The molecule has 0 aromatic carbocycles. The number of carbonyl (C=O) groups is 1. The van der Waals surface area contributed by atoms with Gasteiger partial charge in [-0.2, -0.15) is 0 Å². The van der Waals surface area contributed by atoms with Crippen molar-refractivity contribution in [2.75, 3.05) is 0 Å². The molecule has 0 spiro atoms. The number of hydrogen-bond donors (Lipinski definition) is 0. The lowest BCUT2D eigenvalue weighted by atomic mass is 10.2. The highest BCUT2D eigenvalue weighted by molar-refractivity contribution is 7.14. The highest BCUT2D eigenvalue weighted by Crippen LogP contribution is 2.24. The largest absolute Gasteiger partial charge is 0.456 e. The third-order valence-electron chi connectivity index (χ3n) is 2.00. The van der Waals surface area contributed by atoms with E-state index in [0.29, 0.717) is 4.88 Å². The van der Waals surface area contributed by atoms with Crippen LogP contribution in [-0.4, -0.2) is 11.6 Å². The normalized spacial score (nSPS) is 11.5. The zero-order valence-electron chi connectivity index (χ0n) is 10.0. The molecule has 0 fully saturated rings. The summed E-state index contributed by atoms with van der Waals surface area (Å²) in [6, 6.07) is 1.94. The van der Waals surface area contributed by atoms with E-state index < -0.39 is 5.60 Å². The molecule has 2 nitrogen and oxygen atoms in total. The third kappa shape index (κ3) is 3.34. The Morgan fingerprint density at radius 2 is 2.07 bits per heavy atom. The fourth-order valence-electron chi connectivity index (χ4n) is 1.30. The van der Waals surface area contributed by atoms with Crippen molar-refractivity contribution in [1.82, 2.24) is 0 Å². The topological polar surface area (TPSA) is 26.3 Å². The molecule has 0 saturated carbocycles. The van der Waals surface area contributed by atoms with Crippen LogP contribution in [0.2, 0.25) is 0 Å². The van der Waals surface area contributed by atoms with Crippen molar-refractivity contribution in [2.45, 2.75) is 46.6 Å². The molecule has 0 bridgehead atoms. The van der Waals surface area contributed by atoms with Gasteiger partial charge in [-0.15, -0.1) is 11.3 Å². The minimum atomic E-state index is -0.415. The maximum atomic E-state index is 11.7. The van der Waals surface area contributed by atoms with Crippen molar-refractivity contribution >= 4 is 17.3 Å². The number of hydrogen-bond acceptors (Lipinski definition) is 3. The van der Waals surface area contributed by atoms with Crippen molar-refractivity contribution in [3.8, 4) is 0 Å². The summed E-state index contributed by atoms with van der Waals surface area (Å²) in [5, 5.41) is 0. The maximum Gasteiger partial charge on any atom is 0.348 e. The minimum absolute atomic E-state index is 0.213. The average molecular weight is 226 g/mol. The van der Waals surface area contributed by atoms with E-state index in [4.69, 9.17) is 4.74 Å².